The summed E-state index contributed by atoms with van der Waals surface area (Å²) in [5.74, 6) is -0.424. The number of aromatic nitrogens is 1. The van der Waals surface area contributed by atoms with Crippen molar-refractivity contribution in [3.63, 3.8) is 0 Å². The Morgan fingerprint density at radius 3 is 2.40 bits per heavy atom. The van der Waals surface area contributed by atoms with Gasteiger partial charge in [0.05, 0.1) is 0 Å². The van der Waals surface area contributed by atoms with E-state index in [9.17, 15) is 9.59 Å². The lowest BCUT2D eigenvalue weighted by molar-refractivity contribution is 0.0470. The lowest BCUT2D eigenvalue weighted by Crippen LogP contribution is -2.15. The summed E-state index contributed by atoms with van der Waals surface area (Å²) in [6.07, 6.45) is 0. The monoisotopic (exact) mass is 399 g/mol. The third kappa shape index (κ3) is 4.10. The summed E-state index contributed by atoms with van der Waals surface area (Å²) in [5, 5.41) is 0.822. The average Bonchev–Trinajstić information content (AvgIpc) is 3.12. The Hall–Kier alpha value is -3.86. The fraction of sp³-hybridized carbons (Fsp3) is 0.120. The van der Waals surface area contributed by atoms with E-state index in [4.69, 9.17) is 9.47 Å². The van der Waals surface area contributed by atoms with Crippen molar-refractivity contribution >= 4 is 22.7 Å². The molecule has 0 aliphatic heterocycles. The lowest BCUT2D eigenvalue weighted by atomic mass is 10.1. The third-order valence-corrected chi connectivity index (χ3v) is 4.85. The number of esters is 1. The third-order valence-electron chi connectivity index (χ3n) is 4.85. The molecule has 5 heteroatoms. The van der Waals surface area contributed by atoms with Gasteiger partial charge >= 0.3 is 5.97 Å². The second kappa shape index (κ2) is 8.66. The van der Waals surface area contributed by atoms with Crippen LogP contribution in [-0.4, -0.2) is 23.3 Å². The molecule has 0 aliphatic carbocycles. The number of ether oxygens (including phenoxy) is 2. The van der Waals surface area contributed by atoms with Crippen LogP contribution in [0.3, 0.4) is 0 Å². The first-order chi connectivity index (χ1) is 14.6. The maximum atomic E-state index is 12.7. The Kier molecular flexibility index (Phi) is 5.61. The zero-order valence-electron chi connectivity index (χ0n) is 16.6. The second-order valence-corrected chi connectivity index (χ2v) is 6.94. The van der Waals surface area contributed by atoms with Crippen LogP contribution in [0.1, 0.15) is 32.0 Å². The fourth-order valence-corrected chi connectivity index (χ4v) is 3.41. The molecule has 0 radical (unpaired) electrons. The molecule has 150 valence electrons. The van der Waals surface area contributed by atoms with Gasteiger partial charge in [0.25, 0.3) is 0 Å². The minimum Gasteiger partial charge on any atom is -0.488 e. The van der Waals surface area contributed by atoms with Gasteiger partial charge in [-0.25, -0.2) is 4.79 Å². The molecule has 1 aromatic heterocycles. The number of carbonyl (C=O) groups excluding carboxylic acids is 2. The Morgan fingerprint density at radius 2 is 1.57 bits per heavy atom. The number of H-pyrrole nitrogens is 1. The number of nitrogens with one attached hydrogen (secondary N) is 1. The Bertz CT molecular complexity index is 1190. The molecule has 0 amide bonds. The molecule has 4 aromatic rings. The van der Waals surface area contributed by atoms with Gasteiger partial charge in [0.15, 0.2) is 6.61 Å². The van der Waals surface area contributed by atoms with E-state index in [1.807, 2.05) is 61.5 Å². The van der Waals surface area contributed by atoms with Crippen molar-refractivity contribution in [1.82, 2.24) is 4.98 Å². The smallest absolute Gasteiger partial charge is 0.342 e. The van der Waals surface area contributed by atoms with Crippen molar-refractivity contribution < 1.29 is 19.1 Å². The number of para-hydroxylation sites is 2. The zero-order valence-corrected chi connectivity index (χ0v) is 16.6. The number of fused-ring (bicyclic) bond motifs is 1. The van der Waals surface area contributed by atoms with Gasteiger partial charge in [-0.3, -0.25) is 4.79 Å². The predicted octanol–water partition coefficient (Wildman–Crippen LogP) is 5.10. The maximum Gasteiger partial charge on any atom is 0.342 e. The standard InChI is InChI=1S/C25H21NO4/c1-17-24(19-11-5-7-13-21(19)26-17)22(27)16-30-25(28)20-12-6-8-14-23(20)29-15-18-9-3-2-4-10-18/h2-14,26H,15-16H2,1H3. The van der Waals surface area contributed by atoms with Crippen LogP contribution in [0.4, 0.5) is 0 Å². The van der Waals surface area contributed by atoms with Crippen molar-refractivity contribution in [2.24, 2.45) is 0 Å². The molecule has 3 aromatic carbocycles. The molecule has 1 N–H and O–H groups in total. The first-order valence-corrected chi connectivity index (χ1v) is 9.67. The summed E-state index contributed by atoms with van der Waals surface area (Å²) < 4.78 is 11.1. The molecule has 5 nitrogen and oxygen atoms in total. The normalized spacial score (nSPS) is 10.7. The van der Waals surface area contributed by atoms with Crippen LogP contribution in [0.15, 0.2) is 78.9 Å². The second-order valence-electron chi connectivity index (χ2n) is 6.94. The van der Waals surface area contributed by atoms with Crippen LogP contribution in [-0.2, 0) is 11.3 Å². The molecule has 4 rings (SSSR count). The van der Waals surface area contributed by atoms with Crippen molar-refractivity contribution in [3.05, 3.63) is 101 Å². The molecule has 30 heavy (non-hydrogen) atoms. The van der Waals surface area contributed by atoms with Crippen LogP contribution in [0.25, 0.3) is 10.9 Å². The summed E-state index contributed by atoms with van der Waals surface area (Å²) in [6.45, 7) is 1.83. The highest BCUT2D eigenvalue weighted by atomic mass is 16.5. The quantitative estimate of drug-likeness (QED) is 0.347. The molecule has 0 spiro atoms. The minimum absolute atomic E-state index is 0.249. The molecule has 0 atom stereocenters. The fourth-order valence-electron chi connectivity index (χ4n) is 3.41. The van der Waals surface area contributed by atoms with Gasteiger partial charge < -0.3 is 14.5 Å². The molecule has 0 aliphatic rings. The van der Waals surface area contributed by atoms with Gasteiger partial charge in [-0.2, -0.15) is 0 Å². The summed E-state index contributed by atoms with van der Waals surface area (Å²) >= 11 is 0. The van der Waals surface area contributed by atoms with Gasteiger partial charge in [0.2, 0.25) is 5.78 Å². The first kappa shape index (κ1) is 19.5. The van der Waals surface area contributed by atoms with Gasteiger partial charge in [0, 0.05) is 22.2 Å². The number of aryl methyl sites for hydroxylation is 1. The number of carbonyl (C=O) groups is 2. The van der Waals surface area contributed by atoms with Crippen molar-refractivity contribution in [1.29, 1.82) is 0 Å². The van der Waals surface area contributed by atoms with E-state index in [-0.39, 0.29) is 18.0 Å². The topological polar surface area (TPSA) is 68.4 Å². The molecule has 0 saturated heterocycles. The van der Waals surface area contributed by atoms with E-state index in [2.05, 4.69) is 4.98 Å². The largest absolute Gasteiger partial charge is 0.488 e. The first-order valence-electron chi connectivity index (χ1n) is 9.67. The summed E-state index contributed by atoms with van der Waals surface area (Å²) in [4.78, 5) is 28.6. The number of hydrogen-bond acceptors (Lipinski definition) is 4. The molecule has 1 heterocycles. The minimum atomic E-state index is -0.593. The van der Waals surface area contributed by atoms with Crippen molar-refractivity contribution in [3.8, 4) is 5.75 Å². The molecule has 0 unspecified atom stereocenters. The number of benzene rings is 3. The Labute approximate surface area is 174 Å². The van der Waals surface area contributed by atoms with E-state index in [0.29, 0.717) is 17.9 Å². The van der Waals surface area contributed by atoms with E-state index in [1.165, 1.54) is 0 Å². The summed E-state index contributed by atoms with van der Waals surface area (Å²) in [5.41, 5.74) is 3.46. The number of Topliss-reactive ketones (excluding diaryl/α,β-unsaturated/α-hetero) is 1. The van der Waals surface area contributed by atoms with E-state index >= 15 is 0 Å². The number of hydrogen-bond donors (Lipinski definition) is 1. The SMILES string of the molecule is Cc1[nH]c2ccccc2c1C(=O)COC(=O)c1ccccc1OCc1ccccc1. The van der Waals surface area contributed by atoms with Gasteiger partial charge in [0.1, 0.15) is 17.9 Å². The summed E-state index contributed by atoms with van der Waals surface area (Å²) in [7, 11) is 0. The Morgan fingerprint density at radius 1 is 0.867 bits per heavy atom. The van der Waals surface area contributed by atoms with Crippen molar-refractivity contribution in [2.45, 2.75) is 13.5 Å². The van der Waals surface area contributed by atoms with E-state index in [0.717, 1.165) is 22.2 Å². The van der Waals surface area contributed by atoms with Crippen LogP contribution in [0.2, 0.25) is 0 Å². The van der Waals surface area contributed by atoms with Crippen molar-refractivity contribution in [2.75, 3.05) is 6.61 Å². The number of rotatable bonds is 7. The molecule has 0 fully saturated rings. The van der Waals surface area contributed by atoms with Gasteiger partial charge in [-0.05, 0) is 30.7 Å². The lowest BCUT2D eigenvalue weighted by Gasteiger charge is -2.11. The maximum absolute atomic E-state index is 12.7. The van der Waals surface area contributed by atoms with Gasteiger partial charge in [-0.1, -0.05) is 60.7 Å². The molecule has 0 bridgehead atoms. The van der Waals surface area contributed by atoms with Crippen LogP contribution >= 0.6 is 0 Å². The van der Waals surface area contributed by atoms with Crippen LogP contribution in [0.5, 0.6) is 5.75 Å². The average molecular weight is 399 g/mol. The highest BCUT2D eigenvalue weighted by Gasteiger charge is 2.19. The van der Waals surface area contributed by atoms with Gasteiger partial charge in [-0.15, -0.1) is 0 Å². The van der Waals surface area contributed by atoms with E-state index in [1.54, 1.807) is 24.3 Å². The summed E-state index contributed by atoms with van der Waals surface area (Å²) in [6, 6.07) is 24.1. The predicted molar refractivity (Wildman–Crippen MR) is 115 cm³/mol. The number of ketones is 1. The number of aromatic amines is 1. The van der Waals surface area contributed by atoms with E-state index < -0.39 is 5.97 Å². The zero-order chi connectivity index (χ0) is 20.9. The Balaban J connectivity index is 1.45. The highest BCUT2D eigenvalue weighted by molar-refractivity contribution is 6.10. The molecular weight excluding hydrogens is 378 g/mol. The molecular formula is C25H21NO4. The van der Waals surface area contributed by atoms with Crippen LogP contribution < -0.4 is 4.74 Å². The highest BCUT2D eigenvalue weighted by Crippen LogP contribution is 2.23. The van der Waals surface area contributed by atoms with Crippen LogP contribution in [0, 0.1) is 6.92 Å². The molecule has 0 saturated carbocycles.